The van der Waals surface area contributed by atoms with Crippen LogP contribution in [0.5, 0.6) is 11.5 Å². The van der Waals surface area contributed by atoms with Crippen molar-refractivity contribution in [2.75, 3.05) is 19.8 Å². The molecular weight excluding hydrogens is 406 g/mol. The fourth-order valence-corrected chi connectivity index (χ4v) is 3.34. The summed E-state index contributed by atoms with van der Waals surface area (Å²) in [6, 6.07) is 17.9. The molecule has 0 saturated heterocycles. The summed E-state index contributed by atoms with van der Waals surface area (Å²) in [5, 5.41) is 4.98. The summed E-state index contributed by atoms with van der Waals surface area (Å²) >= 11 is 3.56. The van der Waals surface area contributed by atoms with Gasteiger partial charge in [0.15, 0.2) is 6.61 Å². The van der Waals surface area contributed by atoms with Gasteiger partial charge >= 0.3 is 0 Å². The number of fused-ring (bicyclic) bond motifs is 1. The molecule has 27 heavy (non-hydrogen) atoms. The number of benzene rings is 3. The van der Waals surface area contributed by atoms with Crippen LogP contribution in [-0.2, 0) is 4.79 Å². The van der Waals surface area contributed by atoms with Crippen LogP contribution in [0, 0.1) is 13.8 Å². The molecule has 0 radical (unpaired) electrons. The molecule has 0 aliphatic rings. The minimum atomic E-state index is -0.181. The molecule has 0 heterocycles. The Bertz CT molecular complexity index is 955. The standard InChI is InChI=1S/C22H22BrNO3/c1-15-7-8-16(2)20(13-15)26-12-11-24-21(25)14-27-19-10-9-17-5-3-4-6-18(17)22(19)23/h3-10,13H,11-12,14H2,1-2H3,(H,24,25). The minimum absolute atomic E-state index is 0.0413. The van der Waals surface area contributed by atoms with Gasteiger partial charge in [-0.3, -0.25) is 4.79 Å². The van der Waals surface area contributed by atoms with Crippen molar-refractivity contribution < 1.29 is 14.3 Å². The molecule has 3 aromatic rings. The van der Waals surface area contributed by atoms with Gasteiger partial charge in [-0.1, -0.05) is 42.5 Å². The van der Waals surface area contributed by atoms with E-state index in [0.29, 0.717) is 18.9 Å². The van der Waals surface area contributed by atoms with Crippen LogP contribution in [0.2, 0.25) is 0 Å². The third-order valence-electron chi connectivity index (χ3n) is 4.21. The van der Waals surface area contributed by atoms with Crippen molar-refractivity contribution in [3.8, 4) is 11.5 Å². The molecule has 0 unspecified atom stereocenters. The number of rotatable bonds is 7. The van der Waals surface area contributed by atoms with E-state index in [1.165, 1.54) is 0 Å². The Balaban J connectivity index is 1.46. The molecule has 1 amide bonds. The van der Waals surface area contributed by atoms with E-state index in [1.54, 1.807) is 0 Å². The Morgan fingerprint density at radius 1 is 1.00 bits per heavy atom. The number of aryl methyl sites for hydroxylation is 2. The molecule has 0 aliphatic heterocycles. The Morgan fingerprint density at radius 2 is 1.81 bits per heavy atom. The van der Waals surface area contributed by atoms with E-state index in [0.717, 1.165) is 32.1 Å². The van der Waals surface area contributed by atoms with E-state index >= 15 is 0 Å². The number of carbonyl (C=O) groups is 1. The maximum atomic E-state index is 12.0. The zero-order valence-corrected chi connectivity index (χ0v) is 17.0. The van der Waals surface area contributed by atoms with Gasteiger partial charge < -0.3 is 14.8 Å². The van der Waals surface area contributed by atoms with Crippen LogP contribution in [0.1, 0.15) is 11.1 Å². The average molecular weight is 428 g/mol. The quantitative estimate of drug-likeness (QED) is 0.551. The normalized spacial score (nSPS) is 10.6. The first-order valence-electron chi connectivity index (χ1n) is 8.81. The predicted octanol–water partition coefficient (Wildman–Crippen LogP) is 4.79. The summed E-state index contributed by atoms with van der Waals surface area (Å²) in [7, 11) is 0. The number of halogens is 1. The van der Waals surface area contributed by atoms with Crippen molar-refractivity contribution in [1.82, 2.24) is 5.32 Å². The molecule has 1 N–H and O–H groups in total. The second-order valence-corrected chi connectivity index (χ2v) is 7.15. The fourth-order valence-electron chi connectivity index (χ4n) is 2.73. The largest absolute Gasteiger partial charge is 0.491 e. The van der Waals surface area contributed by atoms with Crippen molar-refractivity contribution in [2.45, 2.75) is 13.8 Å². The van der Waals surface area contributed by atoms with E-state index in [1.807, 2.05) is 68.4 Å². The van der Waals surface area contributed by atoms with Crippen molar-refractivity contribution >= 4 is 32.6 Å². The average Bonchev–Trinajstić information content (AvgIpc) is 2.67. The molecule has 140 valence electrons. The van der Waals surface area contributed by atoms with E-state index in [4.69, 9.17) is 9.47 Å². The van der Waals surface area contributed by atoms with Gasteiger partial charge in [-0.25, -0.2) is 0 Å². The van der Waals surface area contributed by atoms with Crippen molar-refractivity contribution in [3.63, 3.8) is 0 Å². The second-order valence-electron chi connectivity index (χ2n) is 6.35. The maximum Gasteiger partial charge on any atom is 0.258 e. The first kappa shape index (κ1) is 19.2. The Hall–Kier alpha value is -2.53. The van der Waals surface area contributed by atoms with Crippen molar-refractivity contribution in [2.24, 2.45) is 0 Å². The molecular formula is C22H22BrNO3. The zero-order valence-electron chi connectivity index (χ0n) is 15.4. The number of ether oxygens (including phenoxy) is 2. The highest BCUT2D eigenvalue weighted by atomic mass is 79.9. The number of nitrogens with one attached hydrogen (secondary N) is 1. The SMILES string of the molecule is Cc1ccc(C)c(OCCNC(=O)COc2ccc3ccccc3c2Br)c1. The number of carbonyl (C=O) groups excluding carboxylic acids is 1. The summed E-state index contributed by atoms with van der Waals surface area (Å²) in [6.07, 6.45) is 0. The molecule has 0 saturated carbocycles. The number of hydrogen-bond acceptors (Lipinski definition) is 3. The van der Waals surface area contributed by atoms with Gasteiger partial charge in [0.05, 0.1) is 11.0 Å². The Labute approximate surface area is 167 Å². The van der Waals surface area contributed by atoms with E-state index in [-0.39, 0.29) is 12.5 Å². The lowest BCUT2D eigenvalue weighted by atomic mass is 10.1. The van der Waals surface area contributed by atoms with E-state index in [9.17, 15) is 4.79 Å². The van der Waals surface area contributed by atoms with Gasteiger partial charge in [0.2, 0.25) is 0 Å². The lowest BCUT2D eigenvalue weighted by Gasteiger charge is -2.12. The van der Waals surface area contributed by atoms with Gasteiger partial charge in [-0.05, 0) is 63.8 Å². The van der Waals surface area contributed by atoms with Crippen LogP contribution < -0.4 is 14.8 Å². The van der Waals surface area contributed by atoms with Gasteiger partial charge in [0, 0.05) is 0 Å². The van der Waals surface area contributed by atoms with Crippen molar-refractivity contribution in [1.29, 1.82) is 0 Å². The van der Waals surface area contributed by atoms with Crippen LogP contribution in [0.15, 0.2) is 59.1 Å². The molecule has 0 bridgehead atoms. The first-order valence-corrected chi connectivity index (χ1v) is 9.60. The molecule has 3 rings (SSSR count). The number of hydrogen-bond donors (Lipinski definition) is 1. The fraction of sp³-hybridized carbons (Fsp3) is 0.227. The van der Waals surface area contributed by atoms with E-state index in [2.05, 4.69) is 21.2 Å². The summed E-state index contributed by atoms with van der Waals surface area (Å²) in [5.74, 6) is 1.32. The summed E-state index contributed by atoms with van der Waals surface area (Å²) in [5.41, 5.74) is 2.23. The van der Waals surface area contributed by atoms with Gasteiger partial charge in [-0.2, -0.15) is 0 Å². The van der Waals surface area contributed by atoms with Crippen LogP contribution in [-0.4, -0.2) is 25.7 Å². The summed E-state index contributed by atoms with van der Waals surface area (Å²) in [6.45, 7) is 4.82. The van der Waals surface area contributed by atoms with Gasteiger partial charge in [-0.15, -0.1) is 0 Å². The van der Waals surface area contributed by atoms with Gasteiger partial charge in [0.25, 0.3) is 5.91 Å². The van der Waals surface area contributed by atoms with Crippen LogP contribution in [0.25, 0.3) is 10.8 Å². The lowest BCUT2D eigenvalue weighted by Crippen LogP contribution is -2.32. The number of amides is 1. The molecule has 3 aromatic carbocycles. The van der Waals surface area contributed by atoms with Crippen LogP contribution in [0.3, 0.4) is 0 Å². The smallest absolute Gasteiger partial charge is 0.258 e. The molecule has 0 fully saturated rings. The highest BCUT2D eigenvalue weighted by Crippen LogP contribution is 2.32. The van der Waals surface area contributed by atoms with Crippen LogP contribution >= 0.6 is 15.9 Å². The summed E-state index contributed by atoms with van der Waals surface area (Å²) < 4.78 is 12.2. The highest BCUT2D eigenvalue weighted by Gasteiger charge is 2.08. The first-order chi connectivity index (χ1) is 13.0. The third kappa shape index (κ3) is 5.01. The zero-order chi connectivity index (χ0) is 19.2. The predicted molar refractivity (Wildman–Crippen MR) is 112 cm³/mol. The minimum Gasteiger partial charge on any atom is -0.491 e. The van der Waals surface area contributed by atoms with Gasteiger partial charge in [0.1, 0.15) is 18.1 Å². The summed E-state index contributed by atoms with van der Waals surface area (Å²) in [4.78, 5) is 12.0. The molecule has 0 aromatic heterocycles. The highest BCUT2D eigenvalue weighted by molar-refractivity contribution is 9.10. The molecule has 5 heteroatoms. The van der Waals surface area contributed by atoms with E-state index < -0.39 is 0 Å². The second kappa shape index (κ2) is 8.91. The topological polar surface area (TPSA) is 47.6 Å². The molecule has 0 aliphatic carbocycles. The molecule has 0 atom stereocenters. The lowest BCUT2D eigenvalue weighted by molar-refractivity contribution is -0.123. The maximum absolute atomic E-state index is 12.0. The third-order valence-corrected chi connectivity index (χ3v) is 5.03. The monoisotopic (exact) mass is 427 g/mol. The molecule has 4 nitrogen and oxygen atoms in total. The van der Waals surface area contributed by atoms with Crippen molar-refractivity contribution in [3.05, 3.63) is 70.2 Å². The van der Waals surface area contributed by atoms with Crippen LogP contribution in [0.4, 0.5) is 0 Å². The Kier molecular flexibility index (Phi) is 6.35. The molecule has 0 spiro atoms. The Morgan fingerprint density at radius 3 is 2.67 bits per heavy atom.